The quantitative estimate of drug-likeness (QED) is 0.659. The summed E-state index contributed by atoms with van der Waals surface area (Å²) in [5.41, 5.74) is 0. The number of carbonyl (C=O) groups excluding carboxylic acids is 1. The number of hydrogen-bond acceptors (Lipinski definition) is 3. The van der Waals surface area contributed by atoms with E-state index >= 15 is 0 Å². The molecule has 0 aromatic rings. The average molecular weight is 205 g/mol. The largest absolute Gasteiger partial charge is 0.383 e. The molecular weight excluding hydrogens is 186 g/mol. The van der Waals surface area contributed by atoms with Crippen LogP contribution in [0.4, 0.5) is 0 Å². The van der Waals surface area contributed by atoms with E-state index in [1.165, 1.54) is 0 Å². The van der Waals surface area contributed by atoms with Gasteiger partial charge in [-0.15, -0.1) is 0 Å². The van der Waals surface area contributed by atoms with Gasteiger partial charge in [0.05, 0.1) is 17.9 Å². The fourth-order valence-corrected chi connectivity index (χ4v) is 0.958. The van der Waals surface area contributed by atoms with E-state index in [1.807, 2.05) is 13.8 Å². The Labute approximate surface area is 85.6 Å². The van der Waals surface area contributed by atoms with Crippen LogP contribution in [0, 0.1) is 5.92 Å². The maximum Gasteiger partial charge on any atom is 0.232 e. The fraction of sp³-hybridized carbons (Fsp3) is 0.889. The van der Waals surface area contributed by atoms with E-state index in [1.54, 1.807) is 14.0 Å². The molecule has 1 amide bonds. The van der Waals surface area contributed by atoms with Gasteiger partial charge in [-0.25, -0.2) is 0 Å². The smallest absolute Gasteiger partial charge is 0.232 e. The molecule has 0 aliphatic carbocycles. The van der Waals surface area contributed by atoms with Crippen LogP contribution in [0.3, 0.4) is 0 Å². The maximum absolute atomic E-state index is 11.3. The molecule has 0 aliphatic rings. The highest BCUT2D eigenvalue weighted by Crippen LogP contribution is 2.03. The van der Waals surface area contributed by atoms with Crippen molar-refractivity contribution in [3.8, 4) is 0 Å². The standard InChI is InChI=1S/C9H19NO2S/c1-6(2)8(5-12-4)10-9(11)7(3)13/h6-8,13H,5H2,1-4H3,(H,10,11). The summed E-state index contributed by atoms with van der Waals surface area (Å²) in [4.78, 5) is 11.3. The molecule has 0 spiro atoms. The van der Waals surface area contributed by atoms with E-state index in [4.69, 9.17) is 4.74 Å². The van der Waals surface area contributed by atoms with Crippen molar-refractivity contribution in [2.45, 2.75) is 32.1 Å². The molecular formula is C9H19NO2S. The van der Waals surface area contributed by atoms with E-state index in [9.17, 15) is 4.79 Å². The van der Waals surface area contributed by atoms with Crippen LogP contribution in [0.25, 0.3) is 0 Å². The summed E-state index contributed by atoms with van der Waals surface area (Å²) in [6.07, 6.45) is 0. The monoisotopic (exact) mass is 205 g/mol. The van der Waals surface area contributed by atoms with Gasteiger partial charge in [-0.05, 0) is 12.8 Å². The zero-order valence-corrected chi connectivity index (χ0v) is 9.60. The van der Waals surface area contributed by atoms with E-state index in [0.29, 0.717) is 12.5 Å². The number of ether oxygens (including phenoxy) is 1. The second kappa shape index (κ2) is 6.27. The molecule has 0 rings (SSSR count). The molecule has 78 valence electrons. The number of carbonyl (C=O) groups is 1. The number of nitrogens with one attached hydrogen (secondary N) is 1. The maximum atomic E-state index is 11.3. The summed E-state index contributed by atoms with van der Waals surface area (Å²) in [6.45, 7) is 6.40. The van der Waals surface area contributed by atoms with Gasteiger partial charge in [0, 0.05) is 7.11 Å². The first-order valence-corrected chi connectivity index (χ1v) is 4.98. The van der Waals surface area contributed by atoms with Crippen molar-refractivity contribution in [1.29, 1.82) is 0 Å². The fourth-order valence-electron chi connectivity index (χ4n) is 0.884. The number of thiol groups is 1. The molecule has 2 atom stereocenters. The molecule has 0 aromatic heterocycles. The van der Waals surface area contributed by atoms with Gasteiger partial charge in [0.2, 0.25) is 5.91 Å². The molecule has 0 aromatic carbocycles. The molecule has 1 N–H and O–H groups in total. The van der Waals surface area contributed by atoms with E-state index in [0.717, 1.165) is 0 Å². The van der Waals surface area contributed by atoms with Gasteiger partial charge < -0.3 is 10.1 Å². The van der Waals surface area contributed by atoms with Gasteiger partial charge in [0.25, 0.3) is 0 Å². The second-order valence-electron chi connectivity index (χ2n) is 3.49. The van der Waals surface area contributed by atoms with Gasteiger partial charge in [-0.1, -0.05) is 13.8 Å². The summed E-state index contributed by atoms with van der Waals surface area (Å²) in [5.74, 6) is 0.329. The van der Waals surface area contributed by atoms with Crippen LogP contribution in [-0.2, 0) is 9.53 Å². The molecule has 0 heterocycles. The van der Waals surface area contributed by atoms with Crippen molar-refractivity contribution in [2.24, 2.45) is 5.92 Å². The Hall–Kier alpha value is -0.220. The van der Waals surface area contributed by atoms with E-state index in [2.05, 4.69) is 17.9 Å². The lowest BCUT2D eigenvalue weighted by atomic mass is 10.1. The number of rotatable bonds is 5. The van der Waals surface area contributed by atoms with Crippen LogP contribution in [0.1, 0.15) is 20.8 Å². The molecule has 0 bridgehead atoms. The van der Waals surface area contributed by atoms with Crippen molar-refractivity contribution in [1.82, 2.24) is 5.32 Å². The Morgan fingerprint density at radius 2 is 2.00 bits per heavy atom. The molecule has 4 heteroatoms. The average Bonchev–Trinajstić information content (AvgIpc) is 2.03. The van der Waals surface area contributed by atoms with Crippen molar-refractivity contribution in [3.63, 3.8) is 0 Å². The van der Waals surface area contributed by atoms with Gasteiger partial charge >= 0.3 is 0 Å². The van der Waals surface area contributed by atoms with Crippen molar-refractivity contribution >= 4 is 18.5 Å². The minimum atomic E-state index is -0.266. The zero-order chi connectivity index (χ0) is 10.4. The predicted octanol–water partition coefficient (Wildman–Crippen LogP) is 1.09. The molecule has 13 heavy (non-hydrogen) atoms. The highest BCUT2D eigenvalue weighted by Gasteiger charge is 2.17. The minimum absolute atomic E-state index is 0.0425. The lowest BCUT2D eigenvalue weighted by molar-refractivity contribution is -0.121. The molecule has 0 fully saturated rings. The van der Waals surface area contributed by atoms with Crippen LogP contribution in [-0.4, -0.2) is 30.9 Å². The number of hydrogen-bond donors (Lipinski definition) is 2. The van der Waals surface area contributed by atoms with Crippen LogP contribution in [0.2, 0.25) is 0 Å². The summed E-state index contributed by atoms with van der Waals surface area (Å²) in [7, 11) is 1.63. The lowest BCUT2D eigenvalue weighted by Crippen LogP contribution is -2.44. The second-order valence-corrected chi connectivity index (χ2v) is 4.27. The van der Waals surface area contributed by atoms with Gasteiger partial charge in [0.1, 0.15) is 0 Å². The van der Waals surface area contributed by atoms with Crippen LogP contribution < -0.4 is 5.32 Å². The zero-order valence-electron chi connectivity index (χ0n) is 8.70. The summed E-state index contributed by atoms with van der Waals surface area (Å²) in [5, 5.41) is 2.61. The first-order valence-electron chi connectivity index (χ1n) is 4.46. The number of methoxy groups -OCH3 is 1. The van der Waals surface area contributed by atoms with Crippen LogP contribution in [0.15, 0.2) is 0 Å². The topological polar surface area (TPSA) is 38.3 Å². The Morgan fingerprint density at radius 3 is 2.31 bits per heavy atom. The summed E-state index contributed by atoms with van der Waals surface area (Å²) < 4.78 is 5.01. The van der Waals surface area contributed by atoms with Crippen molar-refractivity contribution in [3.05, 3.63) is 0 Å². The van der Waals surface area contributed by atoms with Crippen molar-refractivity contribution in [2.75, 3.05) is 13.7 Å². The Morgan fingerprint density at radius 1 is 1.46 bits per heavy atom. The van der Waals surface area contributed by atoms with Gasteiger partial charge in [-0.2, -0.15) is 12.6 Å². The lowest BCUT2D eigenvalue weighted by Gasteiger charge is -2.22. The molecule has 0 saturated heterocycles. The van der Waals surface area contributed by atoms with Gasteiger partial charge in [-0.3, -0.25) is 4.79 Å². The molecule has 0 saturated carbocycles. The van der Waals surface area contributed by atoms with Crippen molar-refractivity contribution < 1.29 is 9.53 Å². The Bertz CT molecular complexity index is 160. The molecule has 0 radical (unpaired) electrons. The van der Waals surface area contributed by atoms with Crippen LogP contribution in [0.5, 0.6) is 0 Å². The normalized spacial score (nSPS) is 15.5. The summed E-state index contributed by atoms with van der Waals surface area (Å²) >= 11 is 4.05. The third-order valence-corrected chi connectivity index (χ3v) is 2.09. The minimum Gasteiger partial charge on any atom is -0.383 e. The summed E-state index contributed by atoms with van der Waals surface area (Å²) in [6, 6.07) is 0.0760. The molecule has 0 aliphatic heterocycles. The molecule has 3 nitrogen and oxygen atoms in total. The predicted molar refractivity (Wildman–Crippen MR) is 57.1 cm³/mol. The van der Waals surface area contributed by atoms with E-state index < -0.39 is 0 Å². The third kappa shape index (κ3) is 5.16. The van der Waals surface area contributed by atoms with E-state index in [-0.39, 0.29) is 17.2 Å². The highest BCUT2D eigenvalue weighted by molar-refractivity contribution is 7.81. The Balaban J connectivity index is 4.02. The molecule has 2 unspecified atom stereocenters. The van der Waals surface area contributed by atoms with Gasteiger partial charge in [0.15, 0.2) is 0 Å². The SMILES string of the molecule is COCC(NC(=O)C(C)S)C(C)C. The highest BCUT2D eigenvalue weighted by atomic mass is 32.1. The number of amides is 1. The Kier molecular flexibility index (Phi) is 6.16. The van der Waals surface area contributed by atoms with Crippen LogP contribution >= 0.6 is 12.6 Å². The first-order chi connectivity index (χ1) is 5.99. The first kappa shape index (κ1) is 12.8. The third-order valence-electron chi connectivity index (χ3n) is 1.86.